The van der Waals surface area contributed by atoms with Gasteiger partial charge in [-0.15, -0.1) is 0 Å². The standard InChI is InChI=1S/C19H20ClN3O4/c20-13-9-7-12(8-10-13)17(21)22-27-16(24)6-3-11-23-18(25)14-4-1-2-5-15(14)19(23)26/h1-2,7-10,14-15H,3-6,11H2,(H2,21,22)/t14-,15-/m0/s1. The Morgan fingerprint density at radius 2 is 1.74 bits per heavy atom. The zero-order valence-corrected chi connectivity index (χ0v) is 15.4. The van der Waals surface area contributed by atoms with E-state index in [0.29, 0.717) is 29.8 Å². The van der Waals surface area contributed by atoms with Gasteiger partial charge in [0.2, 0.25) is 11.8 Å². The number of likely N-dealkylation sites (tertiary alicyclic amines) is 1. The summed E-state index contributed by atoms with van der Waals surface area (Å²) >= 11 is 5.79. The van der Waals surface area contributed by atoms with E-state index < -0.39 is 5.97 Å². The van der Waals surface area contributed by atoms with E-state index in [4.69, 9.17) is 22.2 Å². The minimum absolute atomic E-state index is 0.0298. The second-order valence-electron chi connectivity index (χ2n) is 6.53. The number of nitrogens with zero attached hydrogens (tertiary/aromatic N) is 2. The van der Waals surface area contributed by atoms with Gasteiger partial charge in [-0.05, 0) is 43.5 Å². The summed E-state index contributed by atoms with van der Waals surface area (Å²) in [7, 11) is 0. The molecule has 0 radical (unpaired) electrons. The van der Waals surface area contributed by atoms with E-state index in [2.05, 4.69) is 5.16 Å². The van der Waals surface area contributed by atoms with Gasteiger partial charge in [-0.25, -0.2) is 4.79 Å². The first-order valence-corrected chi connectivity index (χ1v) is 9.14. The van der Waals surface area contributed by atoms with Crippen LogP contribution in [0.25, 0.3) is 0 Å². The highest BCUT2D eigenvalue weighted by molar-refractivity contribution is 6.30. The van der Waals surface area contributed by atoms with Crippen molar-refractivity contribution in [3.8, 4) is 0 Å². The van der Waals surface area contributed by atoms with Crippen LogP contribution in [0.2, 0.25) is 5.02 Å². The summed E-state index contributed by atoms with van der Waals surface area (Å²) in [6, 6.07) is 6.62. The quantitative estimate of drug-likeness (QED) is 0.201. The van der Waals surface area contributed by atoms with Crippen LogP contribution in [-0.2, 0) is 19.2 Å². The van der Waals surface area contributed by atoms with E-state index in [1.807, 2.05) is 12.2 Å². The molecule has 1 aliphatic carbocycles. The number of allylic oxidation sites excluding steroid dienone is 2. The number of amides is 2. The lowest BCUT2D eigenvalue weighted by molar-refractivity contribution is -0.145. The molecule has 0 unspecified atom stereocenters. The topological polar surface area (TPSA) is 102 Å². The van der Waals surface area contributed by atoms with Crippen LogP contribution in [0.5, 0.6) is 0 Å². The van der Waals surface area contributed by atoms with Gasteiger partial charge < -0.3 is 10.6 Å². The van der Waals surface area contributed by atoms with Gasteiger partial charge in [-0.3, -0.25) is 14.5 Å². The van der Waals surface area contributed by atoms with Gasteiger partial charge in [0.15, 0.2) is 5.84 Å². The van der Waals surface area contributed by atoms with E-state index in [-0.39, 0.29) is 42.5 Å². The average Bonchev–Trinajstić information content (AvgIpc) is 2.92. The van der Waals surface area contributed by atoms with Crippen molar-refractivity contribution >= 4 is 35.2 Å². The number of benzene rings is 1. The maximum atomic E-state index is 12.3. The molecule has 0 aromatic heterocycles. The molecule has 0 bridgehead atoms. The van der Waals surface area contributed by atoms with Crippen molar-refractivity contribution in [2.75, 3.05) is 6.54 Å². The molecule has 1 aromatic rings. The molecule has 0 spiro atoms. The van der Waals surface area contributed by atoms with Crippen LogP contribution in [0.3, 0.4) is 0 Å². The number of imide groups is 1. The van der Waals surface area contributed by atoms with E-state index in [1.54, 1.807) is 24.3 Å². The van der Waals surface area contributed by atoms with Crippen molar-refractivity contribution in [1.82, 2.24) is 4.90 Å². The van der Waals surface area contributed by atoms with Crippen molar-refractivity contribution in [1.29, 1.82) is 0 Å². The number of amidine groups is 1. The second kappa shape index (κ2) is 8.35. The fraction of sp³-hybridized carbons (Fsp3) is 0.368. The molecular formula is C19H20ClN3O4. The number of oxime groups is 1. The summed E-state index contributed by atoms with van der Waals surface area (Å²) in [6.45, 7) is 0.205. The summed E-state index contributed by atoms with van der Waals surface area (Å²) in [5.74, 6) is -1.32. The monoisotopic (exact) mass is 389 g/mol. The Morgan fingerprint density at radius 1 is 1.15 bits per heavy atom. The van der Waals surface area contributed by atoms with E-state index in [0.717, 1.165) is 0 Å². The van der Waals surface area contributed by atoms with Gasteiger partial charge in [0, 0.05) is 23.6 Å². The van der Waals surface area contributed by atoms with Crippen molar-refractivity contribution < 1.29 is 19.2 Å². The Labute approximate surface area is 161 Å². The van der Waals surface area contributed by atoms with Crippen molar-refractivity contribution in [3.05, 3.63) is 47.0 Å². The third-order valence-electron chi connectivity index (χ3n) is 4.75. The molecule has 8 heteroatoms. The molecule has 1 aliphatic heterocycles. The molecule has 7 nitrogen and oxygen atoms in total. The number of carbonyl (C=O) groups is 3. The summed E-state index contributed by atoms with van der Waals surface area (Å²) in [5.41, 5.74) is 6.33. The van der Waals surface area contributed by atoms with Gasteiger partial charge in [0.1, 0.15) is 0 Å². The van der Waals surface area contributed by atoms with Crippen LogP contribution >= 0.6 is 11.6 Å². The molecule has 27 heavy (non-hydrogen) atoms. The molecule has 1 aromatic carbocycles. The third kappa shape index (κ3) is 4.36. The number of fused-ring (bicyclic) bond motifs is 1. The molecule has 2 atom stereocenters. The maximum Gasteiger partial charge on any atom is 0.335 e. The molecule has 2 amide bonds. The molecule has 1 saturated heterocycles. The molecule has 142 valence electrons. The summed E-state index contributed by atoms with van der Waals surface area (Å²) < 4.78 is 0. The average molecular weight is 390 g/mol. The number of halogens is 1. The molecular weight excluding hydrogens is 370 g/mol. The number of carbonyl (C=O) groups excluding carboxylic acids is 3. The fourth-order valence-electron chi connectivity index (χ4n) is 3.29. The Morgan fingerprint density at radius 3 is 2.33 bits per heavy atom. The highest BCUT2D eigenvalue weighted by atomic mass is 35.5. The largest absolute Gasteiger partial charge is 0.380 e. The van der Waals surface area contributed by atoms with Gasteiger partial charge in [0.25, 0.3) is 0 Å². The van der Waals surface area contributed by atoms with Crippen LogP contribution in [-0.4, -0.2) is 35.1 Å². The Bertz CT molecular complexity index is 778. The van der Waals surface area contributed by atoms with Crippen LogP contribution in [0.4, 0.5) is 0 Å². The normalized spacial score (nSPS) is 22.1. The predicted octanol–water partition coefficient (Wildman–Crippen LogP) is 2.23. The zero-order valence-electron chi connectivity index (χ0n) is 14.6. The van der Waals surface area contributed by atoms with Crippen LogP contribution in [0, 0.1) is 11.8 Å². The minimum Gasteiger partial charge on any atom is -0.380 e. The molecule has 2 aliphatic rings. The third-order valence-corrected chi connectivity index (χ3v) is 5.00. The Balaban J connectivity index is 1.46. The lowest BCUT2D eigenvalue weighted by Crippen LogP contribution is -2.32. The summed E-state index contributed by atoms with van der Waals surface area (Å²) in [4.78, 5) is 42.5. The first-order chi connectivity index (χ1) is 13.0. The first kappa shape index (κ1) is 19.1. The summed E-state index contributed by atoms with van der Waals surface area (Å²) in [6.07, 6.45) is 5.44. The van der Waals surface area contributed by atoms with Gasteiger partial charge in [0.05, 0.1) is 11.8 Å². The van der Waals surface area contributed by atoms with Gasteiger partial charge in [-0.1, -0.05) is 28.9 Å². The van der Waals surface area contributed by atoms with Crippen molar-refractivity contribution in [2.45, 2.75) is 25.7 Å². The second-order valence-corrected chi connectivity index (χ2v) is 6.97. The molecule has 2 N–H and O–H groups in total. The number of rotatable bonds is 6. The molecule has 3 rings (SSSR count). The van der Waals surface area contributed by atoms with Crippen LogP contribution in [0.15, 0.2) is 41.6 Å². The van der Waals surface area contributed by atoms with E-state index in [1.165, 1.54) is 4.90 Å². The SMILES string of the molecule is N/C(=N\OC(=O)CCCN1C(=O)[C@H]2CC=CC[C@@H]2C1=O)c1ccc(Cl)cc1. The molecule has 0 saturated carbocycles. The van der Waals surface area contributed by atoms with Crippen molar-refractivity contribution in [3.63, 3.8) is 0 Å². The lowest BCUT2D eigenvalue weighted by Gasteiger charge is -2.14. The predicted molar refractivity (Wildman–Crippen MR) is 99.6 cm³/mol. The Hall–Kier alpha value is -2.67. The molecule has 1 heterocycles. The number of hydrogen-bond donors (Lipinski definition) is 1. The van der Waals surface area contributed by atoms with Crippen LogP contribution < -0.4 is 5.73 Å². The fourth-order valence-corrected chi connectivity index (χ4v) is 3.42. The number of hydrogen-bond acceptors (Lipinski definition) is 5. The molecule has 1 fully saturated rings. The zero-order chi connectivity index (χ0) is 19.4. The van der Waals surface area contributed by atoms with Crippen molar-refractivity contribution in [2.24, 2.45) is 22.7 Å². The highest BCUT2D eigenvalue weighted by Gasteiger charge is 2.46. The van der Waals surface area contributed by atoms with Crippen LogP contribution in [0.1, 0.15) is 31.2 Å². The Kier molecular flexibility index (Phi) is 5.91. The minimum atomic E-state index is -0.579. The smallest absolute Gasteiger partial charge is 0.335 e. The first-order valence-electron chi connectivity index (χ1n) is 8.77. The maximum absolute atomic E-state index is 12.3. The van der Waals surface area contributed by atoms with Gasteiger partial charge in [-0.2, -0.15) is 0 Å². The van der Waals surface area contributed by atoms with Gasteiger partial charge >= 0.3 is 5.97 Å². The summed E-state index contributed by atoms with van der Waals surface area (Å²) in [5, 5.41) is 4.17. The lowest BCUT2D eigenvalue weighted by atomic mass is 9.85. The van der Waals surface area contributed by atoms with E-state index >= 15 is 0 Å². The highest BCUT2D eigenvalue weighted by Crippen LogP contribution is 2.35. The number of nitrogens with two attached hydrogens (primary N) is 1. The van der Waals surface area contributed by atoms with E-state index in [9.17, 15) is 14.4 Å².